The number of nitrogens with one attached hydrogen (secondary N) is 1. The number of nitrogens with zero attached hydrogens (tertiary/aromatic N) is 1. The maximum Gasteiger partial charge on any atom is 0.416 e. The molecular weight excluding hydrogens is 440 g/mol. The summed E-state index contributed by atoms with van der Waals surface area (Å²) in [5.74, 6) is 0. The lowest BCUT2D eigenvalue weighted by molar-refractivity contribution is -0.137. The molecule has 0 radical (unpaired) electrons. The van der Waals surface area contributed by atoms with E-state index < -0.39 is 11.7 Å². The minimum absolute atomic E-state index is 0.420. The van der Waals surface area contributed by atoms with E-state index >= 15 is 0 Å². The van der Waals surface area contributed by atoms with Crippen LogP contribution in [0.4, 0.5) is 18.9 Å². The Balaban J connectivity index is 1.93. The molecule has 3 rings (SSSR count). The molecular formula is C19H14F3IN2. The molecule has 0 atom stereocenters. The minimum atomic E-state index is -4.38. The lowest BCUT2D eigenvalue weighted by atomic mass is 9.98. The minimum Gasteiger partial charge on any atom is -0.381 e. The fourth-order valence-corrected chi connectivity index (χ4v) is 2.82. The van der Waals surface area contributed by atoms with Crippen molar-refractivity contribution < 1.29 is 13.2 Å². The standard InChI is InChI=1S/C19H14F3IN2/c20-19(21,22)15-4-3-14(12-25-17-7-5-16(23)6-8-17)18(10-15)13-2-1-9-24-11-13/h1-11,25H,12H2. The van der Waals surface area contributed by atoms with Gasteiger partial charge in [0, 0.05) is 33.8 Å². The number of rotatable bonds is 4. The molecule has 1 aromatic heterocycles. The predicted molar refractivity (Wildman–Crippen MR) is 101 cm³/mol. The van der Waals surface area contributed by atoms with Gasteiger partial charge in [-0.15, -0.1) is 0 Å². The second-order valence-corrected chi connectivity index (χ2v) is 6.72. The number of anilines is 1. The molecule has 0 spiro atoms. The summed E-state index contributed by atoms with van der Waals surface area (Å²) in [5, 5.41) is 3.25. The number of aromatic nitrogens is 1. The number of pyridine rings is 1. The molecule has 0 aliphatic heterocycles. The summed E-state index contributed by atoms with van der Waals surface area (Å²) in [6, 6.07) is 15.1. The summed E-state index contributed by atoms with van der Waals surface area (Å²) in [7, 11) is 0. The molecule has 0 amide bonds. The molecule has 0 saturated carbocycles. The fraction of sp³-hybridized carbons (Fsp3) is 0.105. The predicted octanol–water partition coefficient (Wildman–Crippen LogP) is 5.98. The van der Waals surface area contributed by atoms with Gasteiger partial charge in [-0.05, 0) is 76.2 Å². The van der Waals surface area contributed by atoms with Crippen molar-refractivity contribution in [3.05, 3.63) is 81.7 Å². The lowest BCUT2D eigenvalue weighted by Crippen LogP contribution is -2.07. The van der Waals surface area contributed by atoms with Crippen LogP contribution in [0.25, 0.3) is 11.1 Å². The SMILES string of the molecule is FC(F)(F)c1ccc(CNc2ccc(I)cc2)c(-c2cccnc2)c1. The highest BCUT2D eigenvalue weighted by molar-refractivity contribution is 14.1. The van der Waals surface area contributed by atoms with Gasteiger partial charge in [0.1, 0.15) is 0 Å². The Hall–Kier alpha value is -2.09. The van der Waals surface area contributed by atoms with E-state index in [9.17, 15) is 13.2 Å². The molecule has 3 aromatic rings. The lowest BCUT2D eigenvalue weighted by Gasteiger charge is -2.15. The third kappa shape index (κ3) is 4.50. The van der Waals surface area contributed by atoms with Crippen LogP contribution >= 0.6 is 22.6 Å². The van der Waals surface area contributed by atoms with Gasteiger partial charge < -0.3 is 5.32 Å². The van der Waals surface area contributed by atoms with E-state index in [-0.39, 0.29) is 0 Å². The number of benzene rings is 2. The Bertz CT molecular complexity index is 847. The molecule has 0 aliphatic rings. The van der Waals surface area contributed by atoms with Crippen molar-refractivity contribution in [2.45, 2.75) is 12.7 Å². The van der Waals surface area contributed by atoms with Crippen LogP contribution in [0.15, 0.2) is 67.0 Å². The molecule has 0 fully saturated rings. The van der Waals surface area contributed by atoms with Crippen LogP contribution in [0.5, 0.6) is 0 Å². The van der Waals surface area contributed by atoms with Gasteiger partial charge in [0.05, 0.1) is 5.56 Å². The van der Waals surface area contributed by atoms with E-state index in [1.807, 2.05) is 24.3 Å². The summed E-state index contributed by atoms with van der Waals surface area (Å²) in [6.07, 6.45) is -1.20. The van der Waals surface area contributed by atoms with E-state index in [1.54, 1.807) is 24.5 Å². The molecule has 128 valence electrons. The zero-order chi connectivity index (χ0) is 17.9. The number of hydrogen-bond acceptors (Lipinski definition) is 2. The Morgan fingerprint density at radius 1 is 1.00 bits per heavy atom. The normalized spacial score (nSPS) is 11.4. The van der Waals surface area contributed by atoms with Crippen molar-refractivity contribution in [1.82, 2.24) is 4.98 Å². The summed E-state index contributed by atoms with van der Waals surface area (Å²) in [5.41, 5.74) is 2.22. The third-order valence-corrected chi connectivity index (χ3v) is 4.46. The van der Waals surface area contributed by atoms with Gasteiger partial charge in [0.15, 0.2) is 0 Å². The molecule has 2 aromatic carbocycles. The summed E-state index contributed by atoms with van der Waals surface area (Å²) < 4.78 is 40.3. The zero-order valence-electron chi connectivity index (χ0n) is 13.0. The maximum absolute atomic E-state index is 13.1. The second kappa shape index (κ2) is 7.43. The largest absolute Gasteiger partial charge is 0.416 e. The molecule has 0 bridgehead atoms. The first-order chi connectivity index (χ1) is 11.9. The van der Waals surface area contributed by atoms with E-state index in [0.717, 1.165) is 20.9 Å². The molecule has 1 N–H and O–H groups in total. The average molecular weight is 454 g/mol. The molecule has 2 nitrogen and oxygen atoms in total. The van der Waals surface area contributed by atoms with Crippen molar-refractivity contribution in [3.63, 3.8) is 0 Å². The molecule has 25 heavy (non-hydrogen) atoms. The Kier molecular flexibility index (Phi) is 5.27. The van der Waals surface area contributed by atoms with Gasteiger partial charge in [-0.2, -0.15) is 13.2 Å². The molecule has 1 heterocycles. The van der Waals surface area contributed by atoms with Crippen molar-refractivity contribution in [2.24, 2.45) is 0 Å². The molecule has 0 saturated heterocycles. The maximum atomic E-state index is 13.1. The van der Waals surface area contributed by atoms with Gasteiger partial charge in [-0.25, -0.2) is 0 Å². The van der Waals surface area contributed by atoms with Crippen LogP contribution in [-0.4, -0.2) is 4.98 Å². The van der Waals surface area contributed by atoms with E-state index in [1.165, 1.54) is 12.1 Å². The highest BCUT2D eigenvalue weighted by Crippen LogP contribution is 2.34. The van der Waals surface area contributed by atoms with Gasteiger partial charge in [-0.3, -0.25) is 4.98 Å². The second-order valence-electron chi connectivity index (χ2n) is 5.47. The summed E-state index contributed by atoms with van der Waals surface area (Å²) in [6.45, 7) is 0.420. The van der Waals surface area contributed by atoms with Gasteiger partial charge >= 0.3 is 6.18 Å². The Morgan fingerprint density at radius 2 is 1.76 bits per heavy atom. The monoisotopic (exact) mass is 454 g/mol. The highest BCUT2D eigenvalue weighted by Gasteiger charge is 2.31. The van der Waals surface area contributed by atoms with E-state index in [2.05, 4.69) is 32.9 Å². The zero-order valence-corrected chi connectivity index (χ0v) is 15.2. The Labute approximate surface area is 157 Å². The fourth-order valence-electron chi connectivity index (χ4n) is 2.46. The van der Waals surface area contributed by atoms with Crippen LogP contribution in [-0.2, 0) is 12.7 Å². The van der Waals surface area contributed by atoms with Crippen LogP contribution in [0, 0.1) is 3.57 Å². The van der Waals surface area contributed by atoms with Crippen molar-refractivity contribution in [2.75, 3.05) is 5.32 Å². The number of alkyl halides is 3. The van der Waals surface area contributed by atoms with Crippen LogP contribution in [0.3, 0.4) is 0 Å². The van der Waals surface area contributed by atoms with E-state index in [0.29, 0.717) is 17.7 Å². The topological polar surface area (TPSA) is 24.9 Å². The van der Waals surface area contributed by atoms with Crippen molar-refractivity contribution in [3.8, 4) is 11.1 Å². The van der Waals surface area contributed by atoms with Crippen molar-refractivity contribution >= 4 is 28.3 Å². The van der Waals surface area contributed by atoms with E-state index in [4.69, 9.17) is 0 Å². The molecule has 0 aliphatic carbocycles. The van der Waals surface area contributed by atoms with Gasteiger partial charge in [-0.1, -0.05) is 12.1 Å². The Morgan fingerprint density at radius 3 is 2.40 bits per heavy atom. The number of hydrogen-bond donors (Lipinski definition) is 1. The quantitative estimate of drug-likeness (QED) is 0.491. The summed E-state index contributed by atoms with van der Waals surface area (Å²) >= 11 is 2.22. The van der Waals surface area contributed by atoms with Crippen LogP contribution < -0.4 is 5.32 Å². The first-order valence-corrected chi connectivity index (χ1v) is 8.61. The number of halogens is 4. The van der Waals surface area contributed by atoms with Gasteiger partial charge in [0.25, 0.3) is 0 Å². The van der Waals surface area contributed by atoms with Crippen LogP contribution in [0.2, 0.25) is 0 Å². The molecule has 6 heteroatoms. The highest BCUT2D eigenvalue weighted by atomic mass is 127. The van der Waals surface area contributed by atoms with Gasteiger partial charge in [0.2, 0.25) is 0 Å². The van der Waals surface area contributed by atoms with Crippen LogP contribution in [0.1, 0.15) is 11.1 Å². The first kappa shape index (κ1) is 17.7. The third-order valence-electron chi connectivity index (χ3n) is 3.74. The smallest absolute Gasteiger partial charge is 0.381 e. The van der Waals surface area contributed by atoms with Crippen molar-refractivity contribution in [1.29, 1.82) is 0 Å². The molecule has 0 unspecified atom stereocenters. The average Bonchev–Trinajstić information content (AvgIpc) is 2.61. The first-order valence-electron chi connectivity index (χ1n) is 7.53. The summed E-state index contributed by atoms with van der Waals surface area (Å²) in [4.78, 5) is 4.02.